The molecule has 9 nitrogen and oxygen atoms in total. The second kappa shape index (κ2) is 9.75. The lowest BCUT2D eigenvalue weighted by Crippen LogP contribution is -2.49. The van der Waals surface area contributed by atoms with Gasteiger partial charge in [-0.2, -0.15) is 0 Å². The van der Waals surface area contributed by atoms with Crippen molar-refractivity contribution in [2.45, 2.75) is 70.9 Å². The zero-order valence-electron chi connectivity index (χ0n) is 17.0. The molecule has 1 atom stereocenters. The maximum Gasteiger partial charge on any atom is 0.407 e. The fourth-order valence-corrected chi connectivity index (χ4v) is 3.85. The van der Waals surface area contributed by atoms with E-state index in [0.29, 0.717) is 25.2 Å². The van der Waals surface area contributed by atoms with Gasteiger partial charge in [-0.3, -0.25) is 14.5 Å². The summed E-state index contributed by atoms with van der Waals surface area (Å²) in [5, 5.41) is 8.23. The third-order valence-electron chi connectivity index (χ3n) is 5.15. The van der Waals surface area contributed by atoms with Crippen LogP contribution in [-0.2, 0) is 14.3 Å². The van der Waals surface area contributed by atoms with Gasteiger partial charge >= 0.3 is 12.1 Å². The van der Waals surface area contributed by atoms with Crippen LogP contribution in [0.15, 0.2) is 0 Å². The van der Waals surface area contributed by atoms with Crippen LogP contribution in [0.25, 0.3) is 0 Å². The molecular formula is C19H32N4O5. The molecule has 0 aromatic carbocycles. The Morgan fingerprint density at radius 1 is 1.21 bits per heavy atom. The first-order valence-corrected chi connectivity index (χ1v) is 10.1. The molecule has 0 aromatic heterocycles. The van der Waals surface area contributed by atoms with E-state index in [4.69, 9.17) is 4.74 Å². The first-order chi connectivity index (χ1) is 13.3. The van der Waals surface area contributed by atoms with Gasteiger partial charge in [0.05, 0.1) is 6.61 Å². The van der Waals surface area contributed by atoms with Crippen LogP contribution in [-0.4, -0.2) is 60.1 Å². The number of carbonyl (C=O) groups is 4. The Morgan fingerprint density at radius 3 is 2.50 bits per heavy atom. The monoisotopic (exact) mass is 396 g/mol. The van der Waals surface area contributed by atoms with Gasteiger partial charge in [-0.25, -0.2) is 9.59 Å². The quantitative estimate of drug-likeness (QED) is 0.538. The van der Waals surface area contributed by atoms with Crippen molar-refractivity contribution < 1.29 is 23.9 Å². The molecule has 158 valence electrons. The molecule has 9 heteroatoms. The van der Waals surface area contributed by atoms with Crippen molar-refractivity contribution in [3.8, 4) is 0 Å². The van der Waals surface area contributed by atoms with Crippen LogP contribution in [0.5, 0.6) is 0 Å². The molecule has 3 N–H and O–H groups in total. The summed E-state index contributed by atoms with van der Waals surface area (Å²) < 4.78 is 4.89. The van der Waals surface area contributed by atoms with Gasteiger partial charge in [0.15, 0.2) is 0 Å². The van der Waals surface area contributed by atoms with E-state index in [1.165, 1.54) is 0 Å². The highest BCUT2D eigenvalue weighted by atomic mass is 16.5. The molecule has 0 bridgehead atoms. The van der Waals surface area contributed by atoms with Gasteiger partial charge in [0.1, 0.15) is 12.1 Å². The van der Waals surface area contributed by atoms with Crippen molar-refractivity contribution in [3.05, 3.63) is 0 Å². The SMILES string of the molecule is CCOC(=O)NC(CNC(=O)CN1C(=O)NC2(CCCCC2)C1=O)CC(C)C. The summed E-state index contributed by atoms with van der Waals surface area (Å²) in [6, 6.07) is -0.804. The average molecular weight is 396 g/mol. The van der Waals surface area contributed by atoms with E-state index in [2.05, 4.69) is 16.0 Å². The van der Waals surface area contributed by atoms with E-state index < -0.39 is 23.6 Å². The van der Waals surface area contributed by atoms with E-state index in [0.717, 1.165) is 24.2 Å². The normalized spacial score (nSPS) is 19.5. The van der Waals surface area contributed by atoms with Gasteiger partial charge in [0.2, 0.25) is 5.91 Å². The van der Waals surface area contributed by atoms with Crippen LogP contribution in [0.1, 0.15) is 59.3 Å². The zero-order chi connectivity index (χ0) is 20.7. The molecular weight excluding hydrogens is 364 g/mol. The molecule has 2 fully saturated rings. The van der Waals surface area contributed by atoms with E-state index in [9.17, 15) is 19.2 Å². The van der Waals surface area contributed by atoms with Crippen LogP contribution in [0.4, 0.5) is 9.59 Å². The summed E-state index contributed by atoms with van der Waals surface area (Å²) >= 11 is 0. The van der Waals surface area contributed by atoms with E-state index in [1.54, 1.807) is 6.92 Å². The molecule has 0 aromatic rings. The number of alkyl carbamates (subject to hydrolysis) is 1. The Hall–Kier alpha value is -2.32. The molecule has 1 saturated heterocycles. The first kappa shape index (κ1) is 22.0. The molecule has 0 radical (unpaired) electrons. The number of hydrogen-bond acceptors (Lipinski definition) is 5. The number of nitrogens with zero attached hydrogens (tertiary/aromatic N) is 1. The van der Waals surface area contributed by atoms with Crippen LogP contribution in [0, 0.1) is 5.92 Å². The van der Waals surface area contributed by atoms with Crippen molar-refractivity contribution in [1.29, 1.82) is 0 Å². The molecule has 1 heterocycles. The number of amides is 5. The maximum absolute atomic E-state index is 12.7. The van der Waals surface area contributed by atoms with Crippen molar-refractivity contribution in [3.63, 3.8) is 0 Å². The lowest BCUT2D eigenvalue weighted by molar-refractivity contribution is -0.135. The van der Waals surface area contributed by atoms with Crippen molar-refractivity contribution in [1.82, 2.24) is 20.9 Å². The Bertz CT molecular complexity index is 601. The van der Waals surface area contributed by atoms with Crippen LogP contribution in [0.2, 0.25) is 0 Å². The molecule has 1 spiro atoms. The maximum atomic E-state index is 12.7. The second-order valence-electron chi connectivity index (χ2n) is 7.96. The molecule has 1 saturated carbocycles. The molecule has 5 amide bonds. The van der Waals surface area contributed by atoms with E-state index >= 15 is 0 Å². The zero-order valence-corrected chi connectivity index (χ0v) is 17.0. The Labute approximate surface area is 165 Å². The van der Waals surface area contributed by atoms with Gasteiger partial charge in [0.25, 0.3) is 5.91 Å². The Kier molecular flexibility index (Phi) is 7.65. The van der Waals surface area contributed by atoms with Gasteiger partial charge in [-0.05, 0) is 32.1 Å². The fourth-order valence-electron chi connectivity index (χ4n) is 3.85. The predicted molar refractivity (Wildman–Crippen MR) is 102 cm³/mol. The standard InChI is InChI=1S/C19H32N4O5/c1-4-28-18(27)21-14(10-13(2)3)11-20-15(24)12-23-16(25)19(22-17(23)26)8-6-5-7-9-19/h13-14H,4-12H2,1-3H3,(H,20,24)(H,21,27)(H,22,26). The molecule has 1 unspecified atom stereocenters. The summed E-state index contributed by atoms with van der Waals surface area (Å²) in [5.74, 6) is -0.438. The second-order valence-corrected chi connectivity index (χ2v) is 7.96. The molecule has 2 rings (SSSR count). The van der Waals surface area contributed by atoms with Crippen LogP contribution in [0.3, 0.4) is 0 Å². The number of imide groups is 1. The smallest absolute Gasteiger partial charge is 0.407 e. The lowest BCUT2D eigenvalue weighted by atomic mass is 9.82. The summed E-state index contributed by atoms with van der Waals surface area (Å²) in [6.45, 7) is 5.89. The highest BCUT2D eigenvalue weighted by Gasteiger charge is 2.51. The largest absolute Gasteiger partial charge is 0.450 e. The van der Waals surface area contributed by atoms with Gasteiger partial charge in [-0.1, -0.05) is 33.1 Å². The Morgan fingerprint density at radius 2 is 1.89 bits per heavy atom. The lowest BCUT2D eigenvalue weighted by Gasteiger charge is -2.30. The number of nitrogens with one attached hydrogen (secondary N) is 3. The van der Waals surface area contributed by atoms with Crippen LogP contribution >= 0.6 is 0 Å². The van der Waals surface area contributed by atoms with Crippen molar-refractivity contribution >= 4 is 23.9 Å². The number of rotatable bonds is 8. The van der Waals surface area contributed by atoms with Gasteiger partial charge in [-0.15, -0.1) is 0 Å². The highest BCUT2D eigenvalue weighted by molar-refractivity contribution is 6.09. The summed E-state index contributed by atoms with van der Waals surface area (Å²) in [4.78, 5) is 49.9. The van der Waals surface area contributed by atoms with Crippen LogP contribution < -0.4 is 16.0 Å². The van der Waals surface area contributed by atoms with Crippen molar-refractivity contribution in [2.24, 2.45) is 5.92 Å². The third kappa shape index (κ3) is 5.59. The molecule has 1 aliphatic heterocycles. The van der Waals surface area contributed by atoms with Gasteiger partial charge in [0, 0.05) is 12.6 Å². The summed E-state index contributed by atoms with van der Waals surface area (Å²) in [6.07, 6.45) is 4.20. The number of ether oxygens (including phenoxy) is 1. The molecule has 2 aliphatic rings. The predicted octanol–water partition coefficient (Wildman–Crippen LogP) is 1.52. The Balaban J connectivity index is 1.88. The molecule has 1 aliphatic carbocycles. The topological polar surface area (TPSA) is 117 Å². The number of hydrogen-bond donors (Lipinski definition) is 3. The molecule has 28 heavy (non-hydrogen) atoms. The van der Waals surface area contributed by atoms with Gasteiger partial charge < -0.3 is 20.7 Å². The minimum Gasteiger partial charge on any atom is -0.450 e. The minimum atomic E-state index is -0.832. The first-order valence-electron chi connectivity index (χ1n) is 10.1. The third-order valence-corrected chi connectivity index (χ3v) is 5.15. The summed E-state index contributed by atoms with van der Waals surface area (Å²) in [7, 11) is 0. The average Bonchev–Trinajstić information content (AvgIpc) is 2.84. The highest BCUT2D eigenvalue weighted by Crippen LogP contribution is 2.33. The fraction of sp³-hybridized carbons (Fsp3) is 0.789. The van der Waals surface area contributed by atoms with E-state index in [1.807, 2.05) is 13.8 Å². The minimum absolute atomic E-state index is 0.199. The number of urea groups is 1. The summed E-state index contributed by atoms with van der Waals surface area (Å²) in [5.41, 5.74) is -0.832. The number of carbonyl (C=O) groups excluding carboxylic acids is 4. The van der Waals surface area contributed by atoms with Crippen molar-refractivity contribution in [2.75, 3.05) is 19.7 Å². The van der Waals surface area contributed by atoms with E-state index in [-0.39, 0.29) is 31.6 Å².